The number of aromatic amines is 1. The number of fused-ring (bicyclic) bond motifs is 1. The van der Waals surface area contributed by atoms with Gasteiger partial charge in [-0.25, -0.2) is 23.1 Å². The first-order chi connectivity index (χ1) is 29.9. The lowest BCUT2D eigenvalue weighted by Gasteiger charge is -2.57. The van der Waals surface area contributed by atoms with Crippen molar-refractivity contribution in [3.63, 3.8) is 0 Å². The van der Waals surface area contributed by atoms with E-state index in [1.54, 1.807) is 30.5 Å². The molecule has 1 spiro atoms. The Morgan fingerprint density at radius 3 is 2.60 bits per heavy atom. The average molecular weight is 928 g/mol. The second kappa shape index (κ2) is 17.6. The summed E-state index contributed by atoms with van der Waals surface area (Å²) in [7, 11) is -4.60. The van der Waals surface area contributed by atoms with Gasteiger partial charge in [0.05, 0.1) is 42.1 Å². The number of halogens is 1. The fraction of sp³-hybridized carbons (Fsp3) is 0.444. The Hall–Kier alpha value is -5.10. The van der Waals surface area contributed by atoms with Gasteiger partial charge in [0.25, 0.3) is 15.9 Å². The van der Waals surface area contributed by atoms with E-state index >= 15 is 0 Å². The second-order valence-corrected chi connectivity index (χ2v) is 20.0. The van der Waals surface area contributed by atoms with Gasteiger partial charge in [0.2, 0.25) is 5.82 Å². The van der Waals surface area contributed by atoms with Crippen LogP contribution in [0.3, 0.4) is 0 Å². The van der Waals surface area contributed by atoms with Crippen LogP contribution in [0.2, 0.25) is 0 Å². The molecule has 5 aromatic rings. The third-order valence-corrected chi connectivity index (χ3v) is 15.5. The molecule has 2 aliphatic carbocycles. The number of hydrogen-bond donors (Lipinski definition) is 3. The second-order valence-electron chi connectivity index (χ2n) is 17.5. The Kier molecular flexibility index (Phi) is 12.0. The number of nitro groups is 1. The molecule has 1 amide bonds. The Morgan fingerprint density at radius 2 is 1.82 bits per heavy atom. The smallest absolute Gasteiger partial charge is 0.312 e. The zero-order chi connectivity index (χ0) is 43.0. The van der Waals surface area contributed by atoms with Gasteiger partial charge in [-0.2, -0.15) is 0 Å². The van der Waals surface area contributed by atoms with Crippen LogP contribution in [0, 0.1) is 27.4 Å². The number of hydrogen-bond acceptors (Lipinski definition) is 12. The number of amides is 1. The van der Waals surface area contributed by atoms with Gasteiger partial charge in [-0.1, -0.05) is 53.9 Å². The van der Waals surface area contributed by atoms with Gasteiger partial charge >= 0.3 is 5.69 Å². The molecule has 0 bridgehead atoms. The van der Waals surface area contributed by atoms with Gasteiger partial charge in [-0.05, 0) is 91.7 Å². The minimum absolute atomic E-state index is 0.0128. The van der Waals surface area contributed by atoms with Crippen molar-refractivity contribution in [2.75, 3.05) is 49.6 Å². The summed E-state index contributed by atoms with van der Waals surface area (Å²) >= 11 is 3.76. The summed E-state index contributed by atoms with van der Waals surface area (Å²) in [5, 5.41) is 16.0. The molecule has 9 rings (SSSR count). The van der Waals surface area contributed by atoms with E-state index < -0.39 is 31.4 Å². The standard InChI is InChI=1S/C45H51BrN8O7S/c1-29-6-8-30(9-7-29)25-48-43-39(54(56)57)22-35(27-50-43)62(58,59)51-44(55)37-11-10-32(21-41(37)61-34-20-31-12-15-47-42(31)49-26-34)52-16-13-45(14-17-52)23-33(24-45)53-18-19-60-28-40(53)36-4-2-3-5-38(36)46/h2-5,10-12,15,20-22,26-27,29-30,33,40H,6-9,13-14,16-19,23-25,28H2,1H3,(H,47,49)(H,48,50)(H,51,55)/t29?,30?,40-/m0/s1. The third-order valence-electron chi connectivity index (χ3n) is 13.5. The molecule has 17 heteroatoms. The van der Waals surface area contributed by atoms with Gasteiger partial charge in [-0.3, -0.25) is 19.8 Å². The van der Waals surface area contributed by atoms with Gasteiger partial charge in [0, 0.05) is 66.1 Å². The topological polar surface area (TPSA) is 185 Å². The average Bonchev–Trinajstić information content (AvgIpc) is 3.73. The van der Waals surface area contributed by atoms with Gasteiger partial charge in [-0.15, -0.1) is 0 Å². The largest absolute Gasteiger partial charge is 0.455 e. The molecule has 62 heavy (non-hydrogen) atoms. The highest BCUT2D eigenvalue weighted by molar-refractivity contribution is 9.10. The molecule has 2 saturated heterocycles. The van der Waals surface area contributed by atoms with E-state index in [9.17, 15) is 23.3 Å². The zero-order valence-electron chi connectivity index (χ0n) is 34.6. The van der Waals surface area contributed by atoms with Crippen LogP contribution < -0.4 is 19.7 Å². The number of aromatic nitrogens is 3. The number of anilines is 2. The van der Waals surface area contributed by atoms with Crippen LogP contribution in [0.25, 0.3) is 11.0 Å². The Morgan fingerprint density at radius 1 is 1.03 bits per heavy atom. The number of piperidine rings is 1. The van der Waals surface area contributed by atoms with Crippen molar-refractivity contribution >= 4 is 60.1 Å². The highest BCUT2D eigenvalue weighted by atomic mass is 79.9. The minimum atomic E-state index is -4.60. The van der Waals surface area contributed by atoms with E-state index in [0.29, 0.717) is 42.4 Å². The molecular weight excluding hydrogens is 877 g/mol. The van der Waals surface area contributed by atoms with E-state index in [4.69, 9.17) is 9.47 Å². The van der Waals surface area contributed by atoms with Crippen LogP contribution in [0.5, 0.6) is 11.5 Å². The highest BCUT2D eigenvalue weighted by Crippen LogP contribution is 2.53. The van der Waals surface area contributed by atoms with E-state index in [1.807, 2.05) is 12.1 Å². The van der Waals surface area contributed by atoms with Crippen molar-refractivity contribution < 1.29 is 27.6 Å². The summed E-state index contributed by atoms with van der Waals surface area (Å²) in [6.45, 7) is 6.68. The number of nitrogens with zero attached hydrogens (tertiary/aromatic N) is 5. The van der Waals surface area contributed by atoms with E-state index in [1.165, 1.54) is 11.8 Å². The summed E-state index contributed by atoms with van der Waals surface area (Å²) in [5.74, 6) is 0.536. The van der Waals surface area contributed by atoms with Gasteiger partial charge < -0.3 is 24.7 Å². The number of pyridine rings is 2. The van der Waals surface area contributed by atoms with Crippen LogP contribution in [0.1, 0.15) is 80.3 Å². The maximum absolute atomic E-state index is 13.9. The molecule has 0 radical (unpaired) electrons. The maximum Gasteiger partial charge on any atom is 0.312 e. The Balaban J connectivity index is 0.903. The summed E-state index contributed by atoms with van der Waals surface area (Å²) in [4.78, 5) is 41.4. The van der Waals surface area contributed by atoms with Crippen molar-refractivity contribution in [3.8, 4) is 11.5 Å². The molecule has 15 nitrogen and oxygen atoms in total. The van der Waals surface area contributed by atoms with Crippen LogP contribution in [-0.4, -0.2) is 84.5 Å². The number of H-pyrrole nitrogens is 1. The molecule has 3 N–H and O–H groups in total. The first kappa shape index (κ1) is 42.2. The first-order valence-corrected chi connectivity index (χ1v) is 23.7. The lowest BCUT2D eigenvalue weighted by Crippen LogP contribution is -2.57. The number of benzene rings is 2. The number of rotatable bonds is 12. The van der Waals surface area contributed by atoms with Crippen LogP contribution in [-0.2, 0) is 14.8 Å². The quantitative estimate of drug-likeness (QED) is 0.0801. The molecule has 4 aliphatic rings. The molecule has 3 aromatic heterocycles. The molecule has 1 atom stereocenters. The van der Waals surface area contributed by atoms with E-state index in [2.05, 4.69) is 75.8 Å². The minimum Gasteiger partial charge on any atom is -0.455 e. The van der Waals surface area contributed by atoms with Crippen molar-refractivity contribution in [3.05, 3.63) is 105 Å². The molecule has 2 aromatic carbocycles. The van der Waals surface area contributed by atoms with E-state index in [0.717, 1.165) is 105 Å². The maximum atomic E-state index is 13.9. The summed E-state index contributed by atoms with van der Waals surface area (Å²) < 4.78 is 42.8. The predicted octanol–water partition coefficient (Wildman–Crippen LogP) is 8.60. The molecular formula is C45H51BrN8O7S. The summed E-state index contributed by atoms with van der Waals surface area (Å²) in [5.41, 5.74) is 2.51. The molecule has 2 saturated carbocycles. The van der Waals surface area contributed by atoms with Crippen molar-refractivity contribution in [2.45, 2.75) is 75.3 Å². The number of nitrogens with one attached hydrogen (secondary N) is 3. The molecule has 0 unspecified atom stereocenters. The zero-order valence-corrected chi connectivity index (χ0v) is 37.0. The lowest BCUT2D eigenvalue weighted by atomic mass is 9.59. The van der Waals surface area contributed by atoms with Gasteiger partial charge in [0.1, 0.15) is 22.0 Å². The monoisotopic (exact) mass is 926 g/mol. The fourth-order valence-corrected chi connectivity index (χ4v) is 11.3. The SMILES string of the molecule is CC1CCC(CNc2ncc(S(=O)(=O)NC(=O)c3ccc(N4CCC5(CC4)CC(N4CCOC[C@H]4c4ccccc4Br)C5)cc3Oc3cnc4[nH]ccc4c3)cc2[N+](=O)[O-])CC1. The Bertz CT molecular complexity index is 2570. The number of ether oxygens (including phenoxy) is 2. The van der Waals surface area contributed by atoms with Crippen molar-refractivity contribution in [1.29, 1.82) is 0 Å². The summed E-state index contributed by atoms with van der Waals surface area (Å²) in [6, 6.07) is 18.8. The number of morpholine rings is 1. The number of carbonyl (C=O) groups excluding carboxylic acids is 1. The Labute approximate surface area is 369 Å². The lowest BCUT2D eigenvalue weighted by molar-refractivity contribution is -0.384. The molecule has 326 valence electrons. The van der Waals surface area contributed by atoms with Crippen molar-refractivity contribution in [2.24, 2.45) is 17.3 Å². The fourth-order valence-electron chi connectivity index (χ4n) is 9.84. The van der Waals surface area contributed by atoms with Crippen LogP contribution >= 0.6 is 15.9 Å². The molecule has 2 aliphatic heterocycles. The van der Waals surface area contributed by atoms with Crippen LogP contribution in [0.15, 0.2) is 88.6 Å². The number of carbonyl (C=O) groups is 1. The van der Waals surface area contributed by atoms with Gasteiger partial charge in [0.15, 0.2) is 0 Å². The predicted molar refractivity (Wildman–Crippen MR) is 239 cm³/mol. The molecule has 4 fully saturated rings. The number of sulfonamides is 1. The van der Waals surface area contributed by atoms with Crippen LogP contribution in [0.4, 0.5) is 17.2 Å². The molecule has 5 heterocycles. The van der Waals surface area contributed by atoms with Crippen molar-refractivity contribution in [1.82, 2.24) is 24.6 Å². The first-order valence-electron chi connectivity index (χ1n) is 21.5. The summed E-state index contributed by atoms with van der Waals surface area (Å²) in [6.07, 6.45) is 12.8. The highest BCUT2D eigenvalue weighted by Gasteiger charge is 2.49. The third kappa shape index (κ3) is 8.90. The normalized spacial score (nSPS) is 22.0. The van der Waals surface area contributed by atoms with E-state index in [-0.39, 0.29) is 28.6 Å².